The van der Waals surface area contributed by atoms with Crippen molar-refractivity contribution in [1.29, 1.82) is 0 Å². The Kier molecular flexibility index (Phi) is 3.94. The van der Waals surface area contributed by atoms with Gasteiger partial charge in [-0.05, 0) is 31.0 Å². The Bertz CT molecular complexity index is 870. The minimum atomic E-state index is 0.00489. The second-order valence-corrected chi connectivity index (χ2v) is 6.50. The molecule has 5 nitrogen and oxygen atoms in total. The predicted molar refractivity (Wildman–Crippen MR) is 93.2 cm³/mol. The van der Waals surface area contributed by atoms with Crippen LogP contribution in [-0.4, -0.2) is 38.4 Å². The summed E-state index contributed by atoms with van der Waals surface area (Å²) in [7, 11) is 0. The molecule has 1 fully saturated rings. The molecular weight excluding hydrogens is 324 g/mol. The largest absolute Gasteiger partial charge is 0.338 e. The number of aromatic nitrogens is 3. The Hall–Kier alpha value is -2.40. The number of hydrogen-bond donors (Lipinski definition) is 0. The molecule has 0 spiro atoms. The summed E-state index contributed by atoms with van der Waals surface area (Å²) in [6.45, 7) is 1.45. The van der Waals surface area contributed by atoms with Gasteiger partial charge in [-0.1, -0.05) is 17.7 Å². The molecule has 4 rings (SSSR count). The number of amides is 1. The van der Waals surface area contributed by atoms with Gasteiger partial charge in [0, 0.05) is 48.1 Å². The fourth-order valence-corrected chi connectivity index (χ4v) is 3.57. The van der Waals surface area contributed by atoms with Crippen LogP contribution in [0.1, 0.15) is 29.2 Å². The molecule has 1 saturated heterocycles. The number of piperidine rings is 1. The molecule has 1 amide bonds. The van der Waals surface area contributed by atoms with Crippen molar-refractivity contribution in [3.05, 3.63) is 59.8 Å². The van der Waals surface area contributed by atoms with Gasteiger partial charge in [-0.25, -0.2) is 4.98 Å². The van der Waals surface area contributed by atoms with Crippen molar-refractivity contribution in [1.82, 2.24) is 19.4 Å². The molecule has 0 unspecified atom stereocenters. The maximum atomic E-state index is 13.0. The minimum Gasteiger partial charge on any atom is -0.338 e. The van der Waals surface area contributed by atoms with Crippen LogP contribution in [0.25, 0.3) is 10.9 Å². The van der Waals surface area contributed by atoms with Gasteiger partial charge in [-0.3, -0.25) is 9.78 Å². The number of rotatable bonds is 2. The van der Waals surface area contributed by atoms with Crippen LogP contribution in [0.15, 0.2) is 49.2 Å². The molecule has 3 aromatic rings. The molecule has 0 bridgehead atoms. The van der Waals surface area contributed by atoms with Gasteiger partial charge in [0.1, 0.15) is 0 Å². The highest BCUT2D eigenvalue weighted by Crippen LogP contribution is 2.27. The Labute approximate surface area is 144 Å². The van der Waals surface area contributed by atoms with Crippen LogP contribution in [0.5, 0.6) is 0 Å². The minimum absolute atomic E-state index is 0.00489. The van der Waals surface area contributed by atoms with Crippen molar-refractivity contribution in [2.75, 3.05) is 13.1 Å². The number of halogens is 1. The van der Waals surface area contributed by atoms with E-state index in [9.17, 15) is 4.79 Å². The zero-order valence-electron chi connectivity index (χ0n) is 13.1. The van der Waals surface area contributed by atoms with E-state index in [-0.39, 0.29) is 5.91 Å². The van der Waals surface area contributed by atoms with E-state index in [2.05, 4.69) is 14.5 Å². The molecule has 1 aliphatic heterocycles. The molecule has 122 valence electrons. The van der Waals surface area contributed by atoms with Crippen molar-refractivity contribution in [3.63, 3.8) is 0 Å². The van der Waals surface area contributed by atoms with E-state index in [4.69, 9.17) is 11.6 Å². The van der Waals surface area contributed by atoms with Crippen LogP contribution in [0, 0.1) is 0 Å². The summed E-state index contributed by atoms with van der Waals surface area (Å²) in [5, 5.41) is 1.45. The Morgan fingerprint density at radius 1 is 1.21 bits per heavy atom. The molecule has 0 N–H and O–H groups in total. The van der Waals surface area contributed by atoms with Gasteiger partial charge < -0.3 is 9.47 Å². The number of carbonyl (C=O) groups excluding carboxylic acids is 1. The summed E-state index contributed by atoms with van der Waals surface area (Å²) in [5.41, 5.74) is 1.29. The Balaban J connectivity index is 1.57. The first kappa shape index (κ1) is 15.1. The maximum Gasteiger partial charge on any atom is 0.256 e. The van der Waals surface area contributed by atoms with Gasteiger partial charge in [-0.2, -0.15) is 0 Å². The van der Waals surface area contributed by atoms with E-state index in [1.54, 1.807) is 18.5 Å². The highest BCUT2D eigenvalue weighted by Gasteiger charge is 2.25. The summed E-state index contributed by atoms with van der Waals surface area (Å²) in [5.74, 6) is 0.00489. The number of nitrogens with zero attached hydrogens (tertiary/aromatic N) is 4. The third kappa shape index (κ3) is 2.76. The van der Waals surface area contributed by atoms with Gasteiger partial charge in [0.05, 0.1) is 17.4 Å². The lowest BCUT2D eigenvalue weighted by molar-refractivity contribution is 0.0696. The normalized spacial score (nSPS) is 15.8. The van der Waals surface area contributed by atoms with Crippen LogP contribution < -0.4 is 0 Å². The Morgan fingerprint density at radius 3 is 2.79 bits per heavy atom. The van der Waals surface area contributed by atoms with E-state index < -0.39 is 0 Å². The third-order valence-electron chi connectivity index (χ3n) is 4.60. The van der Waals surface area contributed by atoms with Crippen LogP contribution >= 0.6 is 11.6 Å². The van der Waals surface area contributed by atoms with Crippen LogP contribution in [0.3, 0.4) is 0 Å². The van der Waals surface area contributed by atoms with E-state index in [1.807, 2.05) is 35.6 Å². The number of benzene rings is 1. The standard InChI is InChI=1S/C18H17ClN4O/c19-14-10-13-2-1-5-21-17(13)16(11-14)18(24)22-7-3-15(4-8-22)23-9-6-20-12-23/h1-2,5-6,9-12,15H,3-4,7-8H2. The number of likely N-dealkylation sites (tertiary alicyclic amines) is 1. The van der Waals surface area contributed by atoms with Crippen molar-refractivity contribution >= 4 is 28.4 Å². The number of hydrogen-bond acceptors (Lipinski definition) is 3. The molecule has 0 saturated carbocycles. The lowest BCUT2D eigenvalue weighted by atomic mass is 10.0. The quantitative estimate of drug-likeness (QED) is 0.716. The van der Waals surface area contributed by atoms with Crippen molar-refractivity contribution in [2.45, 2.75) is 18.9 Å². The van der Waals surface area contributed by atoms with Crippen molar-refractivity contribution in [3.8, 4) is 0 Å². The van der Waals surface area contributed by atoms with Gasteiger partial charge >= 0.3 is 0 Å². The molecule has 3 heterocycles. The van der Waals surface area contributed by atoms with E-state index in [0.717, 1.165) is 31.3 Å². The fraction of sp³-hybridized carbons (Fsp3) is 0.278. The lowest BCUT2D eigenvalue weighted by Crippen LogP contribution is -2.39. The maximum absolute atomic E-state index is 13.0. The molecule has 0 aliphatic carbocycles. The summed E-state index contributed by atoms with van der Waals surface area (Å²) in [6.07, 6.45) is 9.18. The molecular formula is C18H17ClN4O. The predicted octanol–water partition coefficient (Wildman–Crippen LogP) is 3.56. The summed E-state index contributed by atoms with van der Waals surface area (Å²) < 4.78 is 2.12. The van der Waals surface area contributed by atoms with Crippen molar-refractivity contribution < 1.29 is 4.79 Å². The molecule has 1 aromatic carbocycles. The Morgan fingerprint density at radius 2 is 2.04 bits per heavy atom. The van der Waals surface area contributed by atoms with Gasteiger partial charge in [0.15, 0.2) is 0 Å². The fourth-order valence-electron chi connectivity index (χ4n) is 3.34. The van der Waals surface area contributed by atoms with Gasteiger partial charge in [-0.15, -0.1) is 0 Å². The zero-order chi connectivity index (χ0) is 16.5. The molecule has 0 radical (unpaired) electrons. The molecule has 24 heavy (non-hydrogen) atoms. The van der Waals surface area contributed by atoms with E-state index >= 15 is 0 Å². The molecule has 0 atom stereocenters. The SMILES string of the molecule is O=C(c1cc(Cl)cc2cccnc12)N1CCC(n2ccnc2)CC1. The highest BCUT2D eigenvalue weighted by molar-refractivity contribution is 6.32. The van der Waals surface area contributed by atoms with Crippen LogP contribution in [0.4, 0.5) is 0 Å². The zero-order valence-corrected chi connectivity index (χ0v) is 13.9. The number of imidazole rings is 1. The second kappa shape index (κ2) is 6.24. The van der Waals surface area contributed by atoms with E-state index in [1.165, 1.54) is 0 Å². The summed E-state index contributed by atoms with van der Waals surface area (Å²) >= 11 is 6.19. The first-order valence-electron chi connectivity index (χ1n) is 8.03. The van der Waals surface area contributed by atoms with Crippen molar-refractivity contribution in [2.24, 2.45) is 0 Å². The van der Waals surface area contributed by atoms with E-state index in [0.29, 0.717) is 22.1 Å². The van der Waals surface area contributed by atoms with Crippen LogP contribution in [-0.2, 0) is 0 Å². The smallest absolute Gasteiger partial charge is 0.256 e. The number of pyridine rings is 1. The average Bonchev–Trinajstić information content (AvgIpc) is 3.15. The molecule has 1 aliphatic rings. The average molecular weight is 341 g/mol. The van der Waals surface area contributed by atoms with Gasteiger partial charge in [0.25, 0.3) is 5.91 Å². The second-order valence-electron chi connectivity index (χ2n) is 6.06. The first-order chi connectivity index (χ1) is 11.7. The highest BCUT2D eigenvalue weighted by atomic mass is 35.5. The number of fused-ring (bicyclic) bond motifs is 1. The molecule has 6 heteroatoms. The summed E-state index contributed by atoms with van der Waals surface area (Å²) in [6, 6.07) is 7.75. The first-order valence-corrected chi connectivity index (χ1v) is 8.41. The molecule has 2 aromatic heterocycles. The topological polar surface area (TPSA) is 51.0 Å². The van der Waals surface area contributed by atoms with Gasteiger partial charge in [0.2, 0.25) is 0 Å². The third-order valence-corrected chi connectivity index (χ3v) is 4.82. The number of carbonyl (C=O) groups is 1. The summed E-state index contributed by atoms with van der Waals surface area (Å²) in [4.78, 5) is 23.3. The lowest BCUT2D eigenvalue weighted by Gasteiger charge is -2.32. The monoisotopic (exact) mass is 340 g/mol. The van der Waals surface area contributed by atoms with Crippen LogP contribution in [0.2, 0.25) is 5.02 Å².